The number of piperidine rings is 1. The third kappa shape index (κ3) is 2.76. The van der Waals surface area contributed by atoms with Crippen LogP contribution in [0.2, 0.25) is 0 Å². The van der Waals surface area contributed by atoms with Gasteiger partial charge < -0.3 is 4.90 Å². The first kappa shape index (κ1) is 13.6. The summed E-state index contributed by atoms with van der Waals surface area (Å²) >= 11 is 3.42. The first-order valence-electron chi connectivity index (χ1n) is 6.49. The zero-order chi connectivity index (χ0) is 13.3. The topological polar surface area (TPSA) is 38.1 Å². The van der Waals surface area contributed by atoms with Crippen LogP contribution < -0.4 is 0 Å². The Bertz CT molecular complexity index is 414. The van der Waals surface area contributed by atoms with Gasteiger partial charge in [-0.05, 0) is 56.0 Å². The molecule has 1 saturated heterocycles. The molecule has 0 radical (unpaired) electrons. The molecule has 1 aromatic rings. The summed E-state index contributed by atoms with van der Waals surface area (Å²) in [6, 6.07) is 0.697. The number of aromatic nitrogens is 2. The molecule has 0 unspecified atom stereocenters. The quantitative estimate of drug-likeness (QED) is 0.842. The molecule has 0 aliphatic carbocycles. The van der Waals surface area contributed by atoms with Crippen molar-refractivity contribution in [1.29, 1.82) is 0 Å². The van der Waals surface area contributed by atoms with Crippen molar-refractivity contribution < 1.29 is 4.79 Å². The minimum atomic E-state index is 0.171. The molecule has 18 heavy (non-hydrogen) atoms. The van der Waals surface area contributed by atoms with E-state index >= 15 is 0 Å². The molecule has 100 valence electrons. The van der Waals surface area contributed by atoms with Gasteiger partial charge in [-0.1, -0.05) is 0 Å². The van der Waals surface area contributed by atoms with E-state index < -0.39 is 0 Å². The van der Waals surface area contributed by atoms with Crippen LogP contribution in [0.15, 0.2) is 10.7 Å². The standard InChI is InChI=1S/C13H20BrN3O/c1-9-5-4-6-10(2)17(9)13(18)8-16-7-12(14)11(3)15-16/h7,9-10H,4-6,8H2,1-3H3/t9-,10-/m0/s1. The average molecular weight is 314 g/mol. The zero-order valence-electron chi connectivity index (χ0n) is 11.2. The Labute approximate surface area is 116 Å². The number of rotatable bonds is 2. The number of carbonyl (C=O) groups excluding carboxylic acids is 1. The van der Waals surface area contributed by atoms with Gasteiger partial charge in [0.1, 0.15) is 6.54 Å². The fourth-order valence-electron chi connectivity index (χ4n) is 2.71. The number of carbonyl (C=O) groups is 1. The predicted octanol–water partition coefficient (Wildman–Crippen LogP) is 2.74. The van der Waals surface area contributed by atoms with Crippen LogP contribution in [0.5, 0.6) is 0 Å². The summed E-state index contributed by atoms with van der Waals surface area (Å²) in [6.07, 6.45) is 5.31. The maximum Gasteiger partial charge on any atom is 0.244 e. The van der Waals surface area contributed by atoms with Gasteiger partial charge in [0, 0.05) is 18.3 Å². The van der Waals surface area contributed by atoms with Crippen LogP contribution in [-0.4, -0.2) is 32.7 Å². The molecule has 0 aromatic carbocycles. The molecule has 1 amide bonds. The Morgan fingerprint density at radius 1 is 1.44 bits per heavy atom. The third-order valence-corrected chi connectivity index (χ3v) is 4.44. The van der Waals surface area contributed by atoms with Crippen molar-refractivity contribution in [2.75, 3.05) is 0 Å². The Kier molecular flexibility index (Phi) is 4.10. The molecule has 4 nitrogen and oxygen atoms in total. The van der Waals surface area contributed by atoms with Crippen molar-refractivity contribution in [2.45, 2.75) is 58.7 Å². The van der Waals surface area contributed by atoms with E-state index in [4.69, 9.17) is 0 Å². The minimum absolute atomic E-state index is 0.171. The highest BCUT2D eigenvalue weighted by molar-refractivity contribution is 9.10. The third-order valence-electron chi connectivity index (χ3n) is 3.67. The van der Waals surface area contributed by atoms with Crippen LogP contribution in [0.1, 0.15) is 38.8 Å². The molecule has 1 aliphatic heterocycles. The SMILES string of the molecule is Cc1nn(CC(=O)N2[C@@H](C)CCC[C@@H]2C)cc1Br. The predicted molar refractivity (Wildman–Crippen MR) is 74.3 cm³/mol. The molecule has 5 heteroatoms. The van der Waals surface area contributed by atoms with E-state index in [1.807, 2.05) is 18.0 Å². The number of aryl methyl sites for hydroxylation is 1. The van der Waals surface area contributed by atoms with E-state index in [1.165, 1.54) is 6.42 Å². The van der Waals surface area contributed by atoms with Crippen molar-refractivity contribution in [3.63, 3.8) is 0 Å². The molecule has 1 aromatic heterocycles. The van der Waals surface area contributed by atoms with Gasteiger partial charge in [0.05, 0.1) is 10.2 Å². The summed E-state index contributed by atoms with van der Waals surface area (Å²) in [6.45, 7) is 6.54. The first-order valence-corrected chi connectivity index (χ1v) is 7.29. The second-order valence-corrected chi connectivity index (χ2v) is 6.04. The van der Waals surface area contributed by atoms with Crippen molar-refractivity contribution >= 4 is 21.8 Å². The fourth-order valence-corrected chi connectivity index (χ4v) is 3.02. The van der Waals surface area contributed by atoms with E-state index in [0.717, 1.165) is 23.0 Å². The number of hydrogen-bond donors (Lipinski definition) is 0. The Balaban J connectivity index is 2.06. The maximum atomic E-state index is 12.4. The van der Waals surface area contributed by atoms with Gasteiger partial charge in [-0.3, -0.25) is 9.48 Å². The van der Waals surface area contributed by atoms with E-state index in [9.17, 15) is 4.79 Å². The summed E-state index contributed by atoms with van der Waals surface area (Å²) < 4.78 is 2.67. The van der Waals surface area contributed by atoms with E-state index in [-0.39, 0.29) is 5.91 Å². The molecular weight excluding hydrogens is 294 g/mol. The molecule has 1 aliphatic rings. The van der Waals surface area contributed by atoms with Gasteiger partial charge >= 0.3 is 0 Å². The van der Waals surface area contributed by atoms with Crippen LogP contribution in [0, 0.1) is 6.92 Å². The summed E-state index contributed by atoms with van der Waals surface area (Å²) in [5.41, 5.74) is 0.919. The van der Waals surface area contributed by atoms with E-state index in [0.29, 0.717) is 18.6 Å². The molecular formula is C13H20BrN3O. The largest absolute Gasteiger partial charge is 0.336 e. The second-order valence-electron chi connectivity index (χ2n) is 5.19. The van der Waals surface area contributed by atoms with Gasteiger partial charge in [0.2, 0.25) is 5.91 Å². The minimum Gasteiger partial charge on any atom is -0.336 e. The number of nitrogens with zero attached hydrogens (tertiary/aromatic N) is 3. The first-order chi connectivity index (χ1) is 8.49. The van der Waals surface area contributed by atoms with Crippen LogP contribution in [0.25, 0.3) is 0 Å². The van der Waals surface area contributed by atoms with Crippen LogP contribution in [0.4, 0.5) is 0 Å². The Morgan fingerprint density at radius 3 is 2.56 bits per heavy atom. The van der Waals surface area contributed by atoms with E-state index in [1.54, 1.807) is 4.68 Å². The molecule has 2 atom stereocenters. The normalized spacial score (nSPS) is 24.3. The van der Waals surface area contributed by atoms with E-state index in [2.05, 4.69) is 34.9 Å². The highest BCUT2D eigenvalue weighted by Gasteiger charge is 2.28. The summed E-state index contributed by atoms with van der Waals surface area (Å²) in [4.78, 5) is 14.4. The van der Waals surface area contributed by atoms with Gasteiger partial charge in [-0.25, -0.2) is 0 Å². The van der Waals surface area contributed by atoms with Gasteiger partial charge in [0.25, 0.3) is 0 Å². The smallest absolute Gasteiger partial charge is 0.244 e. The van der Waals surface area contributed by atoms with Crippen molar-refractivity contribution in [1.82, 2.24) is 14.7 Å². The highest BCUT2D eigenvalue weighted by Crippen LogP contribution is 2.23. The van der Waals surface area contributed by atoms with Crippen molar-refractivity contribution in [2.24, 2.45) is 0 Å². The summed E-state index contributed by atoms with van der Waals surface area (Å²) in [7, 11) is 0. The average Bonchev–Trinajstić information content (AvgIpc) is 2.57. The molecule has 1 fully saturated rings. The van der Waals surface area contributed by atoms with Crippen molar-refractivity contribution in [3.8, 4) is 0 Å². The van der Waals surface area contributed by atoms with Gasteiger partial charge in [0.15, 0.2) is 0 Å². The number of hydrogen-bond acceptors (Lipinski definition) is 2. The lowest BCUT2D eigenvalue weighted by Crippen LogP contribution is -2.48. The monoisotopic (exact) mass is 313 g/mol. The number of likely N-dealkylation sites (tertiary alicyclic amines) is 1. The maximum absolute atomic E-state index is 12.4. The highest BCUT2D eigenvalue weighted by atomic mass is 79.9. The van der Waals surface area contributed by atoms with Gasteiger partial charge in [-0.2, -0.15) is 5.10 Å². The fraction of sp³-hybridized carbons (Fsp3) is 0.692. The number of amides is 1. The van der Waals surface area contributed by atoms with Gasteiger partial charge in [-0.15, -0.1) is 0 Å². The molecule has 2 rings (SSSR count). The molecule has 0 saturated carbocycles. The van der Waals surface area contributed by atoms with Crippen molar-refractivity contribution in [3.05, 3.63) is 16.4 Å². The summed E-state index contributed by atoms with van der Waals surface area (Å²) in [5, 5.41) is 4.32. The molecule has 2 heterocycles. The zero-order valence-corrected chi connectivity index (χ0v) is 12.8. The summed E-state index contributed by atoms with van der Waals surface area (Å²) in [5.74, 6) is 0.171. The molecule has 0 N–H and O–H groups in total. The Hall–Kier alpha value is -0.840. The second kappa shape index (κ2) is 5.43. The molecule has 0 spiro atoms. The lowest BCUT2D eigenvalue weighted by Gasteiger charge is -2.39. The van der Waals surface area contributed by atoms with Crippen LogP contribution in [-0.2, 0) is 11.3 Å². The van der Waals surface area contributed by atoms with Crippen LogP contribution >= 0.6 is 15.9 Å². The molecule has 0 bridgehead atoms. The lowest BCUT2D eigenvalue weighted by molar-refractivity contribution is -0.138. The Morgan fingerprint density at radius 2 is 2.06 bits per heavy atom. The lowest BCUT2D eigenvalue weighted by atomic mass is 9.97. The van der Waals surface area contributed by atoms with Crippen LogP contribution in [0.3, 0.4) is 0 Å². The number of halogens is 1.